The first-order valence-electron chi connectivity index (χ1n) is 15.8. The monoisotopic (exact) mass is 618 g/mol. The summed E-state index contributed by atoms with van der Waals surface area (Å²) in [4.78, 5) is 43.3. The molecule has 10 heteroatoms. The fourth-order valence-corrected chi connectivity index (χ4v) is 7.24. The van der Waals surface area contributed by atoms with Gasteiger partial charge in [-0.1, -0.05) is 23.7 Å². The molecule has 1 aromatic carbocycles. The second-order valence-electron chi connectivity index (χ2n) is 13.4. The van der Waals surface area contributed by atoms with Crippen LogP contribution in [0.3, 0.4) is 0 Å². The van der Waals surface area contributed by atoms with Gasteiger partial charge in [0.25, 0.3) is 0 Å². The number of amides is 2. The summed E-state index contributed by atoms with van der Waals surface area (Å²) in [6.07, 6.45) is 8.97. The van der Waals surface area contributed by atoms with Gasteiger partial charge in [0, 0.05) is 62.9 Å². The van der Waals surface area contributed by atoms with Crippen molar-refractivity contribution in [1.82, 2.24) is 29.2 Å². The zero-order valence-corrected chi connectivity index (χ0v) is 27.0. The maximum Gasteiger partial charge on any atom is 0.411 e. The zero-order valence-electron chi connectivity index (χ0n) is 26.2. The molecule has 2 saturated heterocycles. The molecule has 2 amide bonds. The van der Waals surface area contributed by atoms with Crippen molar-refractivity contribution in [2.75, 3.05) is 32.7 Å². The molecular weight excluding hydrogens is 576 g/mol. The molecule has 6 rings (SSSR count). The SMILES string of the molecule is Cc1nccn1C[C@H]1CCCN(C(=O)[C@H]2CN([C@H]3c4ccc(Cl)cc4CCc4cccnc43)CCN2C(=O)OC(C)(C)C)C1. The van der Waals surface area contributed by atoms with Gasteiger partial charge in [-0.25, -0.2) is 9.78 Å². The Bertz CT molecular complexity index is 1520. The second-order valence-corrected chi connectivity index (χ2v) is 13.8. The van der Waals surface area contributed by atoms with Gasteiger partial charge in [0.1, 0.15) is 17.5 Å². The van der Waals surface area contributed by atoms with Crippen molar-refractivity contribution in [3.63, 3.8) is 0 Å². The Kier molecular flexibility index (Phi) is 8.70. The number of halogens is 1. The Morgan fingerprint density at radius 1 is 1.02 bits per heavy atom. The molecule has 0 saturated carbocycles. The van der Waals surface area contributed by atoms with Crippen LogP contribution in [0.1, 0.15) is 67.9 Å². The highest BCUT2D eigenvalue weighted by Crippen LogP contribution is 2.38. The van der Waals surface area contributed by atoms with Gasteiger partial charge in [0.05, 0.1) is 11.7 Å². The number of likely N-dealkylation sites (tertiary alicyclic amines) is 1. The Morgan fingerprint density at radius 2 is 1.84 bits per heavy atom. The number of fused-ring (bicyclic) bond motifs is 2. The number of hydrogen-bond acceptors (Lipinski definition) is 6. The van der Waals surface area contributed by atoms with Crippen molar-refractivity contribution in [2.45, 2.75) is 77.6 Å². The Hall–Kier alpha value is -3.43. The highest BCUT2D eigenvalue weighted by Gasteiger charge is 2.43. The third-order valence-electron chi connectivity index (χ3n) is 9.15. The van der Waals surface area contributed by atoms with Gasteiger partial charge >= 0.3 is 6.09 Å². The fourth-order valence-electron chi connectivity index (χ4n) is 7.04. The molecule has 0 bridgehead atoms. The molecule has 9 nitrogen and oxygen atoms in total. The first kappa shape index (κ1) is 30.6. The molecule has 3 atom stereocenters. The number of carbonyl (C=O) groups excluding carboxylic acids is 2. The van der Waals surface area contributed by atoms with Crippen LogP contribution in [0.4, 0.5) is 4.79 Å². The van der Waals surface area contributed by atoms with E-state index in [1.807, 2.05) is 63.3 Å². The average molecular weight is 619 g/mol. The second kappa shape index (κ2) is 12.5. The number of hydrogen-bond donors (Lipinski definition) is 0. The summed E-state index contributed by atoms with van der Waals surface area (Å²) in [5.74, 6) is 1.29. The van der Waals surface area contributed by atoms with Crippen LogP contribution in [-0.2, 0) is 28.9 Å². The van der Waals surface area contributed by atoms with E-state index in [0.29, 0.717) is 38.6 Å². The Balaban J connectivity index is 1.31. The van der Waals surface area contributed by atoms with E-state index >= 15 is 0 Å². The van der Waals surface area contributed by atoms with Gasteiger partial charge in [0.2, 0.25) is 5.91 Å². The quantitative estimate of drug-likeness (QED) is 0.395. The van der Waals surface area contributed by atoms with Crippen molar-refractivity contribution in [3.8, 4) is 0 Å². The smallest absolute Gasteiger partial charge is 0.411 e. The summed E-state index contributed by atoms with van der Waals surface area (Å²) in [5.41, 5.74) is 3.92. The fraction of sp³-hybridized carbons (Fsp3) is 0.529. The maximum absolute atomic E-state index is 14.5. The Labute approximate surface area is 265 Å². The third kappa shape index (κ3) is 6.49. The van der Waals surface area contributed by atoms with Crippen molar-refractivity contribution in [3.05, 3.63) is 82.2 Å². The maximum atomic E-state index is 14.5. The minimum Gasteiger partial charge on any atom is -0.444 e. The summed E-state index contributed by atoms with van der Waals surface area (Å²) >= 11 is 6.45. The molecule has 44 heavy (non-hydrogen) atoms. The van der Waals surface area contributed by atoms with E-state index in [1.165, 1.54) is 11.1 Å². The largest absolute Gasteiger partial charge is 0.444 e. The van der Waals surface area contributed by atoms with Crippen molar-refractivity contribution in [2.24, 2.45) is 5.92 Å². The number of aromatic nitrogens is 3. The molecule has 3 aliphatic rings. The highest BCUT2D eigenvalue weighted by atomic mass is 35.5. The lowest BCUT2D eigenvalue weighted by atomic mass is 9.94. The van der Waals surface area contributed by atoms with Crippen LogP contribution in [0.25, 0.3) is 0 Å². The van der Waals surface area contributed by atoms with Crippen LogP contribution < -0.4 is 0 Å². The average Bonchev–Trinajstić information content (AvgIpc) is 3.32. The summed E-state index contributed by atoms with van der Waals surface area (Å²) in [6, 6.07) is 9.44. The molecule has 2 aromatic heterocycles. The van der Waals surface area contributed by atoms with E-state index in [2.05, 4.69) is 32.7 Å². The van der Waals surface area contributed by atoms with E-state index in [1.54, 1.807) is 4.90 Å². The Morgan fingerprint density at radius 3 is 2.61 bits per heavy atom. The topological polar surface area (TPSA) is 83.8 Å². The number of piperidine rings is 1. The molecular formula is C34H43ClN6O3. The molecule has 0 unspecified atom stereocenters. The molecule has 4 heterocycles. The van der Waals surface area contributed by atoms with Crippen LogP contribution >= 0.6 is 11.6 Å². The van der Waals surface area contributed by atoms with E-state index < -0.39 is 17.7 Å². The van der Waals surface area contributed by atoms with Gasteiger partial charge in [-0.05, 0) is 94.2 Å². The van der Waals surface area contributed by atoms with Gasteiger partial charge in [-0.15, -0.1) is 0 Å². The number of aryl methyl sites for hydroxylation is 3. The minimum absolute atomic E-state index is 0.0150. The first-order valence-corrected chi connectivity index (χ1v) is 16.2. The highest BCUT2D eigenvalue weighted by molar-refractivity contribution is 6.30. The number of ether oxygens (including phenoxy) is 1. The number of nitrogens with zero attached hydrogens (tertiary/aromatic N) is 6. The summed E-state index contributed by atoms with van der Waals surface area (Å²) in [5, 5.41) is 0.717. The predicted octanol–water partition coefficient (Wildman–Crippen LogP) is 5.29. The van der Waals surface area contributed by atoms with Crippen molar-refractivity contribution < 1.29 is 14.3 Å². The minimum atomic E-state index is -0.668. The van der Waals surface area contributed by atoms with Crippen LogP contribution in [0, 0.1) is 12.8 Å². The number of piperazine rings is 1. The molecule has 234 valence electrons. The van der Waals surface area contributed by atoms with E-state index in [-0.39, 0.29) is 11.9 Å². The lowest BCUT2D eigenvalue weighted by molar-refractivity contribution is -0.141. The molecule has 0 radical (unpaired) electrons. The molecule has 2 fully saturated rings. The lowest BCUT2D eigenvalue weighted by Crippen LogP contribution is -2.63. The van der Waals surface area contributed by atoms with Crippen molar-refractivity contribution >= 4 is 23.6 Å². The predicted molar refractivity (Wildman–Crippen MR) is 170 cm³/mol. The van der Waals surface area contributed by atoms with Gasteiger partial charge < -0.3 is 14.2 Å². The number of benzene rings is 1. The van der Waals surface area contributed by atoms with Crippen LogP contribution in [0.2, 0.25) is 5.02 Å². The lowest BCUT2D eigenvalue weighted by Gasteiger charge is -2.46. The zero-order chi connectivity index (χ0) is 31.0. The van der Waals surface area contributed by atoms with E-state index in [0.717, 1.165) is 54.3 Å². The summed E-state index contributed by atoms with van der Waals surface area (Å²) in [7, 11) is 0. The summed E-state index contributed by atoms with van der Waals surface area (Å²) in [6.45, 7) is 11.1. The number of imidazole rings is 1. The molecule has 1 aliphatic carbocycles. The van der Waals surface area contributed by atoms with Gasteiger partial charge in [-0.2, -0.15) is 0 Å². The third-order valence-corrected chi connectivity index (χ3v) is 9.38. The summed E-state index contributed by atoms with van der Waals surface area (Å²) < 4.78 is 8.00. The molecule has 2 aliphatic heterocycles. The van der Waals surface area contributed by atoms with E-state index in [4.69, 9.17) is 21.3 Å². The molecule has 3 aromatic rings. The number of carbonyl (C=O) groups is 2. The number of rotatable bonds is 4. The van der Waals surface area contributed by atoms with Crippen LogP contribution in [-0.4, -0.2) is 85.6 Å². The van der Waals surface area contributed by atoms with Gasteiger partial charge in [-0.3, -0.25) is 19.6 Å². The number of pyridine rings is 1. The van der Waals surface area contributed by atoms with Crippen LogP contribution in [0.15, 0.2) is 48.9 Å². The van der Waals surface area contributed by atoms with Gasteiger partial charge in [0.15, 0.2) is 0 Å². The molecule has 0 N–H and O–H groups in total. The standard InChI is InChI=1S/C34H43ClN6O3/c1-23-36-14-16-38(23)20-24-7-6-15-40(21-24)32(42)29-22-39(17-18-41(29)33(43)44-34(2,3)4)31-28-12-11-27(35)19-26(28)10-9-25-8-5-13-37-30(25)31/h5,8,11-14,16,19,24,29,31H,6-7,9-10,15,17-18,20-22H2,1-4H3/t24-,29-,31+/m1/s1. The van der Waals surface area contributed by atoms with E-state index in [9.17, 15) is 9.59 Å². The first-order chi connectivity index (χ1) is 21.1. The normalized spacial score (nSPS) is 22.6. The van der Waals surface area contributed by atoms with Crippen LogP contribution in [0.5, 0.6) is 0 Å². The van der Waals surface area contributed by atoms with Crippen molar-refractivity contribution in [1.29, 1.82) is 0 Å². The molecule has 0 spiro atoms.